The van der Waals surface area contributed by atoms with Crippen LogP contribution in [0.4, 0.5) is 0 Å². The van der Waals surface area contributed by atoms with Crippen molar-refractivity contribution in [2.75, 3.05) is 0 Å². The van der Waals surface area contributed by atoms with Gasteiger partial charge in [-0.3, -0.25) is 0 Å². The number of hydrogen-bond donors (Lipinski definition) is 0. The monoisotopic (exact) mass is 576 g/mol. The second-order valence-electron chi connectivity index (χ2n) is 12.2. The van der Waals surface area contributed by atoms with Gasteiger partial charge in [0.15, 0.2) is 0 Å². The number of aromatic nitrogens is 2. The first kappa shape index (κ1) is 30.1. The average Bonchev–Trinajstić information content (AvgIpc) is 3.61. The number of benzene rings is 5. The van der Waals surface area contributed by atoms with Crippen LogP contribution >= 0.6 is 0 Å². The van der Waals surface area contributed by atoms with Gasteiger partial charge in [-0.2, -0.15) is 0 Å². The van der Waals surface area contributed by atoms with Crippen LogP contribution in [-0.2, 0) is 10.6 Å². The van der Waals surface area contributed by atoms with Gasteiger partial charge in [0.2, 0.25) is 6.71 Å². The second-order valence-corrected chi connectivity index (χ2v) is 14.4. The molecule has 2 nitrogen and oxygen atoms in total. The van der Waals surface area contributed by atoms with Gasteiger partial charge in [0, 0.05) is 12.4 Å². The molecular formula is C39H41BN2Si. The summed E-state index contributed by atoms with van der Waals surface area (Å²) in [4.78, 5) is 4.42. The van der Waals surface area contributed by atoms with Gasteiger partial charge in [-0.25, -0.2) is 4.98 Å². The molecule has 0 N–H and O–H groups in total. The summed E-state index contributed by atoms with van der Waals surface area (Å²) in [6.45, 7) is 9.57. The summed E-state index contributed by atoms with van der Waals surface area (Å²) in [7, 11) is -0.826. The molecule has 6 rings (SSSR count). The third-order valence-corrected chi connectivity index (χ3v) is 10.8. The van der Waals surface area contributed by atoms with Gasteiger partial charge in [-0.1, -0.05) is 189 Å². The van der Waals surface area contributed by atoms with E-state index in [2.05, 4.69) is 189 Å². The minimum atomic E-state index is -0.826. The van der Waals surface area contributed by atoms with Gasteiger partial charge in [-0.15, -0.1) is 0 Å². The first-order chi connectivity index (χ1) is 20.9. The van der Waals surface area contributed by atoms with Gasteiger partial charge in [-0.05, 0) is 22.1 Å². The Bertz CT molecular complexity index is 1590. The maximum absolute atomic E-state index is 4.42. The lowest BCUT2D eigenvalue weighted by atomic mass is 9.43. The minimum absolute atomic E-state index is 0.140. The van der Waals surface area contributed by atoms with Gasteiger partial charge in [0.1, 0.15) is 0 Å². The van der Waals surface area contributed by atoms with Crippen LogP contribution in [0.5, 0.6) is 0 Å². The zero-order valence-electron chi connectivity index (χ0n) is 25.8. The van der Waals surface area contributed by atoms with Crippen LogP contribution in [0.2, 0.25) is 6.82 Å². The Hall–Kier alpha value is -4.41. The van der Waals surface area contributed by atoms with E-state index < -0.39 is 9.52 Å². The topological polar surface area (TPSA) is 17.8 Å². The quantitative estimate of drug-likeness (QED) is 0.203. The fraction of sp³-hybridized carbons (Fsp3) is 0.154. The summed E-state index contributed by atoms with van der Waals surface area (Å²) in [6.07, 6.45) is 5.97. The van der Waals surface area contributed by atoms with Crippen LogP contribution < -0.4 is 16.1 Å². The van der Waals surface area contributed by atoms with Crippen LogP contribution in [0.3, 0.4) is 0 Å². The maximum atomic E-state index is 4.42. The summed E-state index contributed by atoms with van der Waals surface area (Å²) >= 11 is 0. The van der Waals surface area contributed by atoms with Crippen molar-refractivity contribution in [1.82, 2.24) is 9.55 Å². The molecule has 0 atom stereocenters. The molecule has 0 bridgehead atoms. The average molecular weight is 577 g/mol. The molecule has 1 aromatic heterocycles. The molecule has 0 radical (unpaired) electrons. The number of nitrogens with zero attached hydrogens (tertiary/aromatic N) is 2. The van der Waals surface area contributed by atoms with E-state index >= 15 is 0 Å². The van der Waals surface area contributed by atoms with Gasteiger partial charge in [0.05, 0.1) is 21.0 Å². The van der Waals surface area contributed by atoms with Crippen molar-refractivity contribution >= 4 is 32.3 Å². The minimum Gasteiger partial charge on any atom is -0.326 e. The van der Waals surface area contributed by atoms with E-state index in [4.69, 9.17) is 0 Å². The highest BCUT2D eigenvalue weighted by Crippen LogP contribution is 2.33. The lowest BCUT2D eigenvalue weighted by Gasteiger charge is -2.37. The van der Waals surface area contributed by atoms with Crippen molar-refractivity contribution in [3.8, 4) is 0 Å². The molecule has 0 fully saturated rings. The SMILES string of the molecule is CB(c1ccccc1)c1ccccc1.CC(C)(C)c1cccc([SiH2]C(c2ccccc2)(c2ccccc2)n2ccnc2)c1. The zero-order valence-corrected chi connectivity index (χ0v) is 27.2. The van der Waals surface area contributed by atoms with E-state index in [0.29, 0.717) is 6.71 Å². The molecular weight excluding hydrogens is 535 g/mol. The third kappa shape index (κ3) is 7.15. The van der Waals surface area contributed by atoms with E-state index in [1.165, 1.54) is 32.8 Å². The molecule has 43 heavy (non-hydrogen) atoms. The normalized spacial score (nSPS) is 11.6. The molecule has 0 aliphatic rings. The van der Waals surface area contributed by atoms with E-state index in [-0.39, 0.29) is 10.6 Å². The standard InChI is InChI=1S/C26H28N2Si.C13H13B/c1-25(2,3)23-15-10-16-24(19-23)29-26(28-18-17-27-20-28,21-11-6-4-7-12-21)22-13-8-5-9-14-22;1-14(12-8-4-2-5-9-12)13-10-6-3-7-11-13/h4-20H,29H2,1-3H3;2-11H,1H3. The maximum Gasteiger partial charge on any atom is 0.206 e. The van der Waals surface area contributed by atoms with Gasteiger partial charge in [0.25, 0.3) is 0 Å². The molecule has 0 amide bonds. The zero-order chi connectivity index (χ0) is 30.1. The molecule has 0 spiro atoms. The Morgan fingerprint density at radius 1 is 0.581 bits per heavy atom. The number of imidazole rings is 1. The lowest BCUT2D eigenvalue weighted by Crippen LogP contribution is -2.47. The van der Waals surface area contributed by atoms with Gasteiger partial charge >= 0.3 is 0 Å². The van der Waals surface area contributed by atoms with Crippen LogP contribution in [0.15, 0.2) is 164 Å². The highest BCUT2D eigenvalue weighted by atomic mass is 28.2. The van der Waals surface area contributed by atoms with Crippen molar-refractivity contribution in [3.63, 3.8) is 0 Å². The first-order valence-electron chi connectivity index (χ1n) is 15.2. The molecule has 0 aliphatic heterocycles. The van der Waals surface area contributed by atoms with Crippen molar-refractivity contribution < 1.29 is 0 Å². The summed E-state index contributed by atoms with van der Waals surface area (Å²) in [5.74, 6) is 0. The number of rotatable bonds is 7. The molecule has 0 saturated heterocycles. The molecule has 4 heteroatoms. The summed E-state index contributed by atoms with van der Waals surface area (Å²) in [5, 5.41) is 1.23. The van der Waals surface area contributed by atoms with Crippen molar-refractivity contribution in [2.24, 2.45) is 0 Å². The van der Waals surface area contributed by atoms with Crippen LogP contribution in [0.1, 0.15) is 37.5 Å². The van der Waals surface area contributed by atoms with E-state index in [1.54, 1.807) is 0 Å². The highest BCUT2D eigenvalue weighted by molar-refractivity contribution is 6.84. The van der Waals surface area contributed by atoms with Gasteiger partial charge < -0.3 is 4.57 Å². The van der Waals surface area contributed by atoms with Crippen molar-refractivity contribution in [2.45, 2.75) is 38.2 Å². The summed E-state index contributed by atoms with van der Waals surface area (Å²) < 4.78 is 2.31. The Morgan fingerprint density at radius 2 is 1.05 bits per heavy atom. The van der Waals surface area contributed by atoms with E-state index in [9.17, 15) is 0 Å². The highest BCUT2D eigenvalue weighted by Gasteiger charge is 2.36. The molecule has 1 heterocycles. The Kier molecular flexibility index (Phi) is 9.59. The Morgan fingerprint density at radius 3 is 1.49 bits per heavy atom. The van der Waals surface area contributed by atoms with Crippen LogP contribution in [-0.4, -0.2) is 25.8 Å². The second kappa shape index (κ2) is 13.7. The molecule has 214 valence electrons. The fourth-order valence-corrected chi connectivity index (χ4v) is 8.21. The van der Waals surface area contributed by atoms with E-state index in [1.807, 2.05) is 12.5 Å². The summed E-state index contributed by atoms with van der Waals surface area (Å²) in [6, 6.07) is 52.2. The first-order valence-corrected chi connectivity index (χ1v) is 16.6. The predicted octanol–water partition coefficient (Wildman–Crippen LogP) is 6.35. The van der Waals surface area contributed by atoms with Crippen LogP contribution in [0.25, 0.3) is 0 Å². The molecule has 6 aromatic rings. The fourth-order valence-electron chi connectivity index (χ4n) is 5.79. The third-order valence-electron chi connectivity index (χ3n) is 8.30. The smallest absolute Gasteiger partial charge is 0.206 e. The molecule has 0 aliphatic carbocycles. The molecule has 0 saturated carbocycles. The summed E-state index contributed by atoms with van der Waals surface area (Å²) in [5.41, 5.74) is 6.91. The van der Waals surface area contributed by atoms with Crippen molar-refractivity contribution in [3.05, 3.63) is 181 Å². The lowest BCUT2D eigenvalue weighted by molar-refractivity contribution is 0.589. The number of hydrogen-bond acceptors (Lipinski definition) is 1. The predicted molar refractivity (Wildman–Crippen MR) is 188 cm³/mol. The van der Waals surface area contributed by atoms with E-state index in [0.717, 1.165) is 0 Å². The van der Waals surface area contributed by atoms with Crippen molar-refractivity contribution in [1.29, 1.82) is 0 Å². The molecule has 0 unspecified atom stereocenters. The van der Waals surface area contributed by atoms with Crippen LogP contribution in [0, 0.1) is 0 Å². The Labute approximate surface area is 260 Å². The molecule has 5 aromatic carbocycles. The largest absolute Gasteiger partial charge is 0.326 e. The Balaban J connectivity index is 0.000000220.